The second-order valence-electron chi connectivity index (χ2n) is 4.24. The van der Waals surface area contributed by atoms with Crippen LogP contribution in [0.3, 0.4) is 0 Å². The van der Waals surface area contributed by atoms with Gasteiger partial charge in [0.2, 0.25) is 0 Å². The molecule has 2 N–H and O–H groups in total. The Bertz CT molecular complexity index is 90.7. The van der Waals surface area contributed by atoms with Gasteiger partial charge in [-0.25, -0.2) is 0 Å². The van der Waals surface area contributed by atoms with Gasteiger partial charge in [0, 0.05) is 0 Å². The molecule has 0 spiro atoms. The van der Waals surface area contributed by atoms with E-state index in [1.807, 2.05) is 0 Å². The molecule has 0 atom stereocenters. The number of hydrogen-bond donors (Lipinski definition) is 0. The summed E-state index contributed by atoms with van der Waals surface area (Å²) in [6, 6.07) is 0. The number of halogens is 1. The van der Waals surface area contributed by atoms with E-state index >= 15 is 0 Å². The number of rotatable bonds is 8. The van der Waals surface area contributed by atoms with E-state index < -0.39 is 0 Å². The van der Waals surface area contributed by atoms with Crippen LogP contribution in [-0.4, -0.2) is 36.1 Å². The predicted octanol–water partition coefficient (Wildman–Crippen LogP) is 3.24. The van der Waals surface area contributed by atoms with Gasteiger partial charge < -0.3 is 9.96 Å². The molecule has 0 aliphatic rings. The fraction of sp³-hybridized carbons (Fsp3) is 1.00. The van der Waals surface area contributed by atoms with Crippen molar-refractivity contribution in [2.45, 2.75) is 53.4 Å². The minimum atomic E-state index is 0. The summed E-state index contributed by atoms with van der Waals surface area (Å²) in [6.07, 6.45) is 5.33. The van der Waals surface area contributed by atoms with Gasteiger partial charge in [0.1, 0.15) is 0 Å². The molecular weight excluding hydrogens is 301 g/mol. The first-order chi connectivity index (χ1) is 6.24. The smallest absolute Gasteiger partial charge is 0.0783 e. The highest BCUT2D eigenvalue weighted by molar-refractivity contribution is 14.0. The van der Waals surface area contributed by atoms with Gasteiger partial charge in [0.25, 0.3) is 0 Å². The van der Waals surface area contributed by atoms with Crippen LogP contribution in [0, 0.1) is 0 Å². The Morgan fingerprint density at radius 2 is 0.800 bits per heavy atom. The first-order valence-electron chi connectivity index (χ1n) is 6.09. The van der Waals surface area contributed by atoms with E-state index in [0.717, 1.165) is 0 Å². The molecule has 0 aromatic heterocycles. The average Bonchev–Trinajstić information content (AvgIpc) is 2.06. The highest BCUT2D eigenvalue weighted by Gasteiger charge is 2.22. The van der Waals surface area contributed by atoms with E-state index in [0.29, 0.717) is 0 Å². The van der Waals surface area contributed by atoms with Gasteiger partial charge in [-0.1, -0.05) is 27.7 Å². The average molecular weight is 332 g/mol. The topological polar surface area (TPSA) is 31.5 Å². The molecule has 0 aliphatic carbocycles. The molecule has 0 bridgehead atoms. The Kier molecular flexibility index (Phi) is 17.8. The molecule has 0 fully saturated rings. The van der Waals surface area contributed by atoms with Crippen LogP contribution >= 0.6 is 24.0 Å². The number of hydrogen-bond acceptors (Lipinski definition) is 0. The summed E-state index contributed by atoms with van der Waals surface area (Å²) in [5.74, 6) is 0. The molecular formula is C12H31INO+. The van der Waals surface area contributed by atoms with Gasteiger partial charge in [-0.05, 0) is 25.7 Å². The van der Waals surface area contributed by atoms with Crippen LogP contribution in [0.4, 0.5) is 0 Å². The van der Waals surface area contributed by atoms with Crippen LogP contribution in [0.1, 0.15) is 53.4 Å². The summed E-state index contributed by atoms with van der Waals surface area (Å²) in [7, 11) is 0. The van der Waals surface area contributed by atoms with E-state index in [1.165, 1.54) is 56.3 Å². The van der Waals surface area contributed by atoms with Crippen molar-refractivity contribution < 1.29 is 9.96 Å². The molecule has 0 saturated heterocycles. The van der Waals surface area contributed by atoms with E-state index in [1.54, 1.807) is 0 Å². The Labute approximate surface area is 113 Å². The molecule has 0 heterocycles. The Balaban J connectivity index is -0.000000720. The lowest BCUT2D eigenvalue weighted by molar-refractivity contribution is -0.928. The molecule has 0 aliphatic heterocycles. The van der Waals surface area contributed by atoms with E-state index in [4.69, 9.17) is 0 Å². The van der Waals surface area contributed by atoms with E-state index in [9.17, 15) is 0 Å². The maximum Gasteiger partial charge on any atom is 0.0783 e. The third kappa shape index (κ3) is 8.46. The minimum absolute atomic E-state index is 0. The van der Waals surface area contributed by atoms with E-state index in [2.05, 4.69) is 27.7 Å². The summed E-state index contributed by atoms with van der Waals surface area (Å²) >= 11 is 0. The maximum atomic E-state index is 2.31. The van der Waals surface area contributed by atoms with Crippen molar-refractivity contribution in [1.82, 2.24) is 0 Å². The zero-order chi connectivity index (χ0) is 10.2. The highest BCUT2D eigenvalue weighted by Crippen LogP contribution is 2.12. The normalized spacial score (nSPS) is 10.4. The van der Waals surface area contributed by atoms with Crippen molar-refractivity contribution in [3.8, 4) is 0 Å². The summed E-state index contributed by atoms with van der Waals surface area (Å²) in [5, 5.41) is 0. The summed E-state index contributed by atoms with van der Waals surface area (Å²) in [6.45, 7) is 14.8. The second kappa shape index (κ2) is 12.7. The van der Waals surface area contributed by atoms with E-state index in [-0.39, 0.29) is 29.5 Å². The third-order valence-electron chi connectivity index (χ3n) is 2.79. The molecule has 0 aromatic rings. The van der Waals surface area contributed by atoms with Gasteiger partial charge >= 0.3 is 0 Å². The lowest BCUT2D eigenvalue weighted by atomic mass is 10.2. The van der Waals surface area contributed by atoms with Gasteiger partial charge in [-0.15, -0.1) is 24.0 Å². The molecule has 0 amide bonds. The third-order valence-corrected chi connectivity index (χ3v) is 2.79. The fourth-order valence-electron chi connectivity index (χ4n) is 2.57. The Morgan fingerprint density at radius 1 is 0.600 bits per heavy atom. The molecule has 0 saturated carbocycles. The summed E-state index contributed by atoms with van der Waals surface area (Å²) in [4.78, 5) is 0. The first-order valence-corrected chi connectivity index (χ1v) is 6.09. The second-order valence-corrected chi connectivity index (χ2v) is 4.24. The van der Waals surface area contributed by atoms with Gasteiger partial charge in [0.15, 0.2) is 0 Å². The number of quaternary nitrogens is 1. The van der Waals surface area contributed by atoms with Crippen molar-refractivity contribution in [1.29, 1.82) is 0 Å². The summed E-state index contributed by atoms with van der Waals surface area (Å²) in [5.41, 5.74) is 0. The van der Waals surface area contributed by atoms with Crippen LogP contribution in [0.25, 0.3) is 0 Å². The zero-order valence-corrected chi connectivity index (χ0v) is 13.3. The van der Waals surface area contributed by atoms with Crippen LogP contribution in [0.15, 0.2) is 0 Å². The molecule has 0 rings (SSSR count). The molecule has 96 valence electrons. The van der Waals surface area contributed by atoms with Crippen molar-refractivity contribution in [2.24, 2.45) is 0 Å². The molecule has 0 aromatic carbocycles. The molecule has 0 radical (unpaired) electrons. The molecule has 2 nitrogen and oxygen atoms in total. The van der Waals surface area contributed by atoms with Crippen LogP contribution in [0.5, 0.6) is 0 Å². The van der Waals surface area contributed by atoms with Crippen molar-refractivity contribution in [3.63, 3.8) is 0 Å². The lowest BCUT2D eigenvalue weighted by Gasteiger charge is -2.38. The SMILES string of the molecule is CCC[N+](CCC)(CCC)CCC.I.O. The first kappa shape index (κ1) is 21.0. The van der Waals surface area contributed by atoms with Crippen LogP contribution < -0.4 is 0 Å². The van der Waals surface area contributed by atoms with Gasteiger partial charge in [0.05, 0.1) is 26.2 Å². The van der Waals surface area contributed by atoms with Crippen molar-refractivity contribution in [3.05, 3.63) is 0 Å². The van der Waals surface area contributed by atoms with Crippen LogP contribution in [-0.2, 0) is 0 Å². The van der Waals surface area contributed by atoms with Gasteiger partial charge in [-0.2, -0.15) is 0 Å². The Hall–Kier alpha value is 0.650. The molecule has 3 heteroatoms. The molecule has 0 unspecified atom stereocenters. The van der Waals surface area contributed by atoms with Crippen molar-refractivity contribution in [2.75, 3.05) is 26.2 Å². The summed E-state index contributed by atoms with van der Waals surface area (Å²) < 4.78 is 1.38. The fourth-order valence-corrected chi connectivity index (χ4v) is 2.57. The lowest BCUT2D eigenvalue weighted by Crippen LogP contribution is -2.50. The quantitative estimate of drug-likeness (QED) is 0.483. The van der Waals surface area contributed by atoms with Crippen molar-refractivity contribution >= 4 is 24.0 Å². The molecule has 15 heavy (non-hydrogen) atoms. The number of nitrogens with zero attached hydrogens (tertiary/aromatic N) is 1. The predicted molar refractivity (Wildman–Crippen MR) is 79.9 cm³/mol. The Morgan fingerprint density at radius 3 is 0.933 bits per heavy atom. The highest BCUT2D eigenvalue weighted by atomic mass is 127. The van der Waals surface area contributed by atoms with Gasteiger partial charge in [-0.3, -0.25) is 0 Å². The zero-order valence-electron chi connectivity index (χ0n) is 11.0. The largest absolute Gasteiger partial charge is 0.412 e. The standard InChI is InChI=1S/C12H28N.HI.H2O/c1-5-9-13(10-6-2,11-7-3)12-8-4;;/h5-12H2,1-4H3;1H;1H2/q+1;;. The maximum absolute atomic E-state index is 2.31. The monoisotopic (exact) mass is 332 g/mol. The minimum Gasteiger partial charge on any atom is -0.412 e. The van der Waals surface area contributed by atoms with Crippen LogP contribution in [0.2, 0.25) is 0 Å².